The molecule has 0 N–H and O–H groups in total. The van der Waals surface area contributed by atoms with Gasteiger partial charge in [-0.3, -0.25) is 10.1 Å². The third-order valence-corrected chi connectivity index (χ3v) is 5.43. The molecular formula is C17H11N3O2S2. The van der Waals surface area contributed by atoms with Crippen molar-refractivity contribution in [2.75, 3.05) is 0 Å². The molecule has 0 fully saturated rings. The SMILES string of the molecule is O=[N+]([O-])c1cccc(-c2csc(Cc3nc4ccccc4s3)n2)c1. The van der Waals surface area contributed by atoms with Crippen LogP contribution < -0.4 is 0 Å². The van der Waals surface area contributed by atoms with Gasteiger partial charge in [-0.1, -0.05) is 24.3 Å². The minimum Gasteiger partial charge on any atom is -0.258 e. The zero-order valence-electron chi connectivity index (χ0n) is 12.4. The van der Waals surface area contributed by atoms with Gasteiger partial charge in [-0.05, 0) is 12.1 Å². The van der Waals surface area contributed by atoms with E-state index in [1.54, 1.807) is 34.8 Å². The fourth-order valence-electron chi connectivity index (χ4n) is 2.43. The van der Waals surface area contributed by atoms with Gasteiger partial charge < -0.3 is 0 Å². The maximum atomic E-state index is 10.9. The van der Waals surface area contributed by atoms with Gasteiger partial charge >= 0.3 is 0 Å². The van der Waals surface area contributed by atoms with E-state index in [4.69, 9.17) is 0 Å². The summed E-state index contributed by atoms with van der Waals surface area (Å²) >= 11 is 3.22. The van der Waals surface area contributed by atoms with Crippen LogP contribution in [0.5, 0.6) is 0 Å². The van der Waals surface area contributed by atoms with Crippen LogP contribution in [0.3, 0.4) is 0 Å². The lowest BCUT2D eigenvalue weighted by atomic mass is 10.1. The van der Waals surface area contributed by atoms with Crippen LogP contribution in [0.15, 0.2) is 53.9 Å². The highest BCUT2D eigenvalue weighted by molar-refractivity contribution is 7.18. The molecule has 0 bridgehead atoms. The standard InChI is InChI=1S/C17H11N3O2S2/c21-20(22)12-5-3-4-11(8-12)14-10-23-16(19-14)9-17-18-13-6-1-2-7-15(13)24-17/h1-8,10H,9H2. The van der Waals surface area contributed by atoms with Crippen LogP contribution in [0.1, 0.15) is 10.0 Å². The average molecular weight is 353 g/mol. The third-order valence-electron chi connectivity index (χ3n) is 3.55. The highest BCUT2D eigenvalue weighted by Gasteiger charge is 2.11. The largest absolute Gasteiger partial charge is 0.270 e. The topological polar surface area (TPSA) is 68.9 Å². The molecule has 0 aliphatic rings. The Balaban J connectivity index is 1.60. The van der Waals surface area contributed by atoms with E-state index in [-0.39, 0.29) is 5.69 Å². The maximum Gasteiger partial charge on any atom is 0.270 e. The van der Waals surface area contributed by atoms with Gasteiger partial charge in [0.05, 0.1) is 27.3 Å². The van der Waals surface area contributed by atoms with E-state index in [0.29, 0.717) is 6.42 Å². The zero-order chi connectivity index (χ0) is 16.5. The number of nitro groups is 1. The van der Waals surface area contributed by atoms with Crippen molar-refractivity contribution in [3.05, 3.63) is 74.0 Å². The van der Waals surface area contributed by atoms with Crippen molar-refractivity contribution in [2.24, 2.45) is 0 Å². The first kappa shape index (κ1) is 14.9. The van der Waals surface area contributed by atoms with Crippen molar-refractivity contribution in [3.63, 3.8) is 0 Å². The molecule has 2 aromatic heterocycles. The minimum absolute atomic E-state index is 0.0771. The Bertz CT molecular complexity index is 1010. The molecule has 0 unspecified atom stereocenters. The van der Waals surface area contributed by atoms with E-state index >= 15 is 0 Å². The van der Waals surface area contributed by atoms with E-state index in [1.165, 1.54) is 10.8 Å². The number of para-hydroxylation sites is 1. The normalized spacial score (nSPS) is 11.0. The van der Waals surface area contributed by atoms with Gasteiger partial charge in [0.2, 0.25) is 0 Å². The monoisotopic (exact) mass is 353 g/mol. The first-order chi connectivity index (χ1) is 11.7. The Labute approximate surface area is 145 Å². The van der Waals surface area contributed by atoms with Gasteiger partial charge in [0.15, 0.2) is 0 Å². The number of aromatic nitrogens is 2. The average Bonchev–Trinajstić information content (AvgIpc) is 3.21. The van der Waals surface area contributed by atoms with Crippen LogP contribution in [-0.4, -0.2) is 14.9 Å². The summed E-state index contributed by atoms with van der Waals surface area (Å²) in [5.74, 6) is 0. The molecule has 7 heteroatoms. The molecule has 118 valence electrons. The first-order valence-corrected chi connectivity index (χ1v) is 8.92. The van der Waals surface area contributed by atoms with Gasteiger partial charge in [-0.2, -0.15) is 0 Å². The highest BCUT2D eigenvalue weighted by Crippen LogP contribution is 2.28. The first-order valence-electron chi connectivity index (χ1n) is 7.23. The van der Waals surface area contributed by atoms with Crippen molar-refractivity contribution in [1.29, 1.82) is 0 Å². The molecule has 0 aliphatic heterocycles. The molecule has 0 aliphatic carbocycles. The smallest absolute Gasteiger partial charge is 0.258 e. The third kappa shape index (κ3) is 2.91. The van der Waals surface area contributed by atoms with Crippen molar-refractivity contribution >= 4 is 38.6 Å². The number of benzene rings is 2. The summed E-state index contributed by atoms with van der Waals surface area (Å²) in [5.41, 5.74) is 2.61. The molecule has 0 radical (unpaired) electrons. The molecule has 4 rings (SSSR count). The maximum absolute atomic E-state index is 10.9. The summed E-state index contributed by atoms with van der Waals surface area (Å²) in [4.78, 5) is 19.7. The molecule has 0 saturated carbocycles. The van der Waals surface area contributed by atoms with Crippen molar-refractivity contribution in [1.82, 2.24) is 9.97 Å². The van der Waals surface area contributed by atoms with Crippen LogP contribution in [0.4, 0.5) is 5.69 Å². The van der Waals surface area contributed by atoms with Crippen molar-refractivity contribution < 1.29 is 4.92 Å². The lowest BCUT2D eigenvalue weighted by Gasteiger charge is -1.96. The number of nitro benzene ring substituents is 1. The van der Waals surface area contributed by atoms with E-state index in [2.05, 4.69) is 16.0 Å². The zero-order valence-corrected chi connectivity index (χ0v) is 14.0. The summed E-state index contributed by atoms with van der Waals surface area (Å²) in [5, 5.41) is 14.8. The van der Waals surface area contributed by atoms with Gasteiger partial charge in [0.1, 0.15) is 10.0 Å². The number of non-ortho nitro benzene ring substituents is 1. The highest BCUT2D eigenvalue weighted by atomic mass is 32.1. The Morgan fingerprint density at radius 2 is 1.92 bits per heavy atom. The quantitative estimate of drug-likeness (QED) is 0.386. The summed E-state index contributed by atoms with van der Waals surface area (Å²) in [6.07, 6.45) is 0.680. The molecule has 0 amide bonds. The predicted octanol–water partition coefficient (Wildman–Crippen LogP) is 4.92. The Hall–Kier alpha value is -2.64. The summed E-state index contributed by atoms with van der Waals surface area (Å²) in [6, 6.07) is 14.6. The van der Waals surface area contributed by atoms with E-state index in [9.17, 15) is 10.1 Å². The van der Waals surface area contributed by atoms with Crippen LogP contribution in [0, 0.1) is 10.1 Å². The van der Waals surface area contributed by atoms with Crippen molar-refractivity contribution in [3.8, 4) is 11.3 Å². The second-order valence-corrected chi connectivity index (χ2v) is 7.24. The number of nitrogens with zero attached hydrogens (tertiary/aromatic N) is 3. The molecule has 24 heavy (non-hydrogen) atoms. The van der Waals surface area contributed by atoms with Gasteiger partial charge in [0, 0.05) is 23.1 Å². The molecule has 0 atom stereocenters. The second-order valence-electron chi connectivity index (χ2n) is 5.19. The van der Waals surface area contributed by atoms with Crippen LogP contribution in [-0.2, 0) is 6.42 Å². The number of hydrogen-bond acceptors (Lipinski definition) is 6. The van der Waals surface area contributed by atoms with Crippen LogP contribution >= 0.6 is 22.7 Å². The molecule has 4 aromatic rings. The number of hydrogen-bond donors (Lipinski definition) is 0. The lowest BCUT2D eigenvalue weighted by molar-refractivity contribution is -0.384. The summed E-state index contributed by atoms with van der Waals surface area (Å²) in [7, 11) is 0. The Morgan fingerprint density at radius 1 is 1.04 bits per heavy atom. The summed E-state index contributed by atoms with van der Waals surface area (Å²) < 4.78 is 1.17. The number of fused-ring (bicyclic) bond motifs is 1. The fourth-order valence-corrected chi connectivity index (χ4v) is 4.30. The second kappa shape index (κ2) is 6.10. The molecular weight excluding hydrogens is 342 g/mol. The van der Waals surface area contributed by atoms with Crippen LogP contribution in [0.2, 0.25) is 0 Å². The van der Waals surface area contributed by atoms with E-state index in [0.717, 1.165) is 26.8 Å². The van der Waals surface area contributed by atoms with Gasteiger partial charge in [-0.15, -0.1) is 22.7 Å². The fraction of sp³-hybridized carbons (Fsp3) is 0.0588. The van der Waals surface area contributed by atoms with Crippen LogP contribution in [0.25, 0.3) is 21.5 Å². The molecule has 2 aromatic carbocycles. The van der Waals surface area contributed by atoms with E-state index in [1.807, 2.05) is 29.6 Å². The number of thiazole rings is 2. The molecule has 0 spiro atoms. The number of rotatable bonds is 4. The van der Waals surface area contributed by atoms with Gasteiger partial charge in [-0.25, -0.2) is 9.97 Å². The summed E-state index contributed by atoms with van der Waals surface area (Å²) in [6.45, 7) is 0. The molecule has 5 nitrogen and oxygen atoms in total. The predicted molar refractivity (Wildman–Crippen MR) is 96.6 cm³/mol. The Morgan fingerprint density at radius 3 is 2.75 bits per heavy atom. The van der Waals surface area contributed by atoms with E-state index < -0.39 is 4.92 Å². The Kier molecular flexibility index (Phi) is 3.79. The molecule has 0 saturated heterocycles. The van der Waals surface area contributed by atoms with Gasteiger partial charge in [0.25, 0.3) is 5.69 Å². The lowest BCUT2D eigenvalue weighted by Crippen LogP contribution is -1.89. The van der Waals surface area contributed by atoms with Crippen molar-refractivity contribution in [2.45, 2.75) is 6.42 Å². The molecule has 2 heterocycles. The minimum atomic E-state index is -0.391.